The number of hydrogen-bond donors (Lipinski definition) is 0. The Morgan fingerprint density at radius 1 is 0.727 bits per heavy atom. The lowest BCUT2D eigenvalue weighted by Gasteiger charge is -2.21. The van der Waals surface area contributed by atoms with E-state index >= 15 is 0 Å². The lowest BCUT2D eigenvalue weighted by Crippen LogP contribution is -2.26. The highest BCUT2D eigenvalue weighted by Crippen LogP contribution is 2.61. The summed E-state index contributed by atoms with van der Waals surface area (Å²) in [6.45, 7) is 15.2. The Labute approximate surface area is 73.4 Å². The van der Waals surface area contributed by atoms with Crippen LogP contribution in [0.15, 0.2) is 0 Å². The largest absolute Gasteiger partial charge is 0.0693 e. The van der Waals surface area contributed by atoms with Crippen molar-refractivity contribution in [3.63, 3.8) is 0 Å². The first-order valence-corrected chi connectivity index (χ1v) is 11.9. The maximum Gasteiger partial charge on any atom is 0.0473 e. The topological polar surface area (TPSA) is 0 Å². The van der Waals surface area contributed by atoms with Crippen molar-refractivity contribution < 1.29 is 0 Å². The third-order valence-corrected chi connectivity index (χ3v) is 9.07. The van der Waals surface area contributed by atoms with Gasteiger partial charge in [0, 0.05) is 16.1 Å². The smallest absolute Gasteiger partial charge is 0.0473 e. The average molecular weight is 186 g/mol. The van der Waals surface area contributed by atoms with Crippen LogP contribution in [0.25, 0.3) is 0 Å². The molecule has 1 aliphatic carbocycles. The van der Waals surface area contributed by atoms with E-state index in [1.165, 1.54) is 11.1 Å². The van der Waals surface area contributed by atoms with Gasteiger partial charge in [-0.15, -0.1) is 0 Å². The fourth-order valence-corrected chi connectivity index (χ4v) is 9.68. The summed E-state index contributed by atoms with van der Waals surface area (Å²) in [6.07, 6.45) is 1.57. The van der Waals surface area contributed by atoms with Gasteiger partial charge in [-0.25, -0.2) is 0 Å². The van der Waals surface area contributed by atoms with Crippen LogP contribution in [-0.4, -0.2) is 16.1 Å². The van der Waals surface area contributed by atoms with Crippen molar-refractivity contribution >= 4 is 16.1 Å². The number of rotatable bonds is 2. The molecule has 1 aliphatic rings. The van der Waals surface area contributed by atoms with Crippen LogP contribution in [-0.2, 0) is 0 Å². The molecule has 0 heterocycles. The summed E-state index contributed by atoms with van der Waals surface area (Å²) in [7, 11) is -1.52. The van der Waals surface area contributed by atoms with Crippen molar-refractivity contribution in [2.45, 2.75) is 56.8 Å². The molecule has 0 nitrogen and oxygen atoms in total. The van der Waals surface area contributed by atoms with E-state index in [2.05, 4.69) is 39.3 Å². The summed E-state index contributed by atoms with van der Waals surface area (Å²) in [5.74, 6) is 0. The molecule has 2 heteroatoms. The van der Waals surface area contributed by atoms with Crippen LogP contribution in [0.1, 0.15) is 6.42 Å². The summed E-state index contributed by atoms with van der Waals surface area (Å²) >= 11 is 0. The van der Waals surface area contributed by atoms with Crippen molar-refractivity contribution in [2.24, 2.45) is 0 Å². The molecule has 0 aromatic rings. The molecule has 11 heavy (non-hydrogen) atoms. The van der Waals surface area contributed by atoms with Crippen LogP contribution >= 0.6 is 0 Å². The lowest BCUT2D eigenvalue weighted by atomic mass is 10.9. The van der Waals surface area contributed by atoms with Gasteiger partial charge in [0.25, 0.3) is 0 Å². The molecule has 0 saturated heterocycles. The molecule has 0 aliphatic heterocycles. The van der Waals surface area contributed by atoms with Crippen LogP contribution in [0.4, 0.5) is 0 Å². The van der Waals surface area contributed by atoms with Crippen LogP contribution in [0.2, 0.25) is 50.4 Å². The molecule has 0 aromatic heterocycles. The Morgan fingerprint density at radius 3 is 1.09 bits per heavy atom. The Balaban J connectivity index is 2.51. The molecule has 0 amide bonds. The maximum absolute atomic E-state index is 2.53. The van der Waals surface area contributed by atoms with E-state index in [-0.39, 0.29) is 0 Å². The molecule has 0 bridgehead atoms. The first kappa shape index (κ1) is 9.52. The van der Waals surface area contributed by atoms with Gasteiger partial charge >= 0.3 is 0 Å². The van der Waals surface area contributed by atoms with Gasteiger partial charge in [-0.3, -0.25) is 0 Å². The Hall–Kier alpha value is 0.434. The van der Waals surface area contributed by atoms with E-state index in [1.807, 2.05) is 0 Å². The lowest BCUT2D eigenvalue weighted by molar-refractivity contribution is 1.27. The Morgan fingerprint density at radius 2 is 1.00 bits per heavy atom. The quantitative estimate of drug-likeness (QED) is 0.575. The van der Waals surface area contributed by atoms with Gasteiger partial charge in [-0.2, -0.15) is 0 Å². The van der Waals surface area contributed by atoms with Gasteiger partial charge in [0.2, 0.25) is 0 Å². The third-order valence-electron chi connectivity index (χ3n) is 3.02. The molecule has 1 fully saturated rings. The summed E-state index contributed by atoms with van der Waals surface area (Å²) in [5.41, 5.74) is 2.35. The normalized spacial score (nSPS) is 32.2. The monoisotopic (exact) mass is 186 g/mol. The third kappa shape index (κ3) is 2.18. The predicted molar refractivity (Wildman–Crippen MR) is 58.8 cm³/mol. The minimum atomic E-state index is -0.762. The SMILES string of the molecule is C[Si](C)(C)[C@@H]1C[C@@H]1[Si](C)(C)C. The van der Waals surface area contributed by atoms with Crippen LogP contribution in [0.5, 0.6) is 0 Å². The second-order valence-electron chi connectivity index (χ2n) is 6.18. The van der Waals surface area contributed by atoms with Crippen molar-refractivity contribution in [2.75, 3.05) is 0 Å². The van der Waals surface area contributed by atoms with Gasteiger partial charge in [-0.1, -0.05) is 45.7 Å². The fraction of sp³-hybridized carbons (Fsp3) is 1.00. The highest BCUT2D eigenvalue weighted by Gasteiger charge is 2.51. The molecule has 0 radical (unpaired) electrons. The van der Waals surface area contributed by atoms with Crippen LogP contribution in [0, 0.1) is 0 Å². The summed E-state index contributed by atoms with van der Waals surface area (Å²) in [6, 6.07) is 0. The Kier molecular flexibility index (Phi) is 2.13. The zero-order chi connectivity index (χ0) is 8.86. The first-order chi connectivity index (χ1) is 4.73. The summed E-state index contributed by atoms with van der Waals surface area (Å²) in [4.78, 5) is 0. The van der Waals surface area contributed by atoms with Gasteiger partial charge in [-0.05, 0) is 11.1 Å². The van der Waals surface area contributed by atoms with E-state index in [0.717, 1.165) is 0 Å². The van der Waals surface area contributed by atoms with Crippen molar-refractivity contribution in [1.29, 1.82) is 0 Å². The second-order valence-corrected chi connectivity index (χ2v) is 17.1. The zero-order valence-electron chi connectivity index (χ0n) is 8.86. The van der Waals surface area contributed by atoms with E-state index < -0.39 is 16.1 Å². The van der Waals surface area contributed by atoms with Crippen molar-refractivity contribution in [3.8, 4) is 0 Å². The van der Waals surface area contributed by atoms with Crippen LogP contribution in [0.3, 0.4) is 0 Å². The summed E-state index contributed by atoms with van der Waals surface area (Å²) < 4.78 is 0. The maximum atomic E-state index is 2.53. The van der Waals surface area contributed by atoms with Crippen molar-refractivity contribution in [3.05, 3.63) is 0 Å². The van der Waals surface area contributed by atoms with Gasteiger partial charge in [0.05, 0.1) is 0 Å². The van der Waals surface area contributed by atoms with Gasteiger partial charge < -0.3 is 0 Å². The minimum absolute atomic E-state index is 0.762. The van der Waals surface area contributed by atoms with E-state index in [9.17, 15) is 0 Å². The Bertz CT molecular complexity index is 132. The summed E-state index contributed by atoms with van der Waals surface area (Å²) in [5, 5.41) is 0. The first-order valence-electron chi connectivity index (χ1n) is 4.73. The molecule has 2 atom stereocenters. The molecular weight excluding hydrogens is 164 g/mol. The minimum Gasteiger partial charge on any atom is -0.0693 e. The van der Waals surface area contributed by atoms with Gasteiger partial charge in [0.15, 0.2) is 0 Å². The molecule has 0 aromatic carbocycles. The van der Waals surface area contributed by atoms with Gasteiger partial charge in [0.1, 0.15) is 0 Å². The average Bonchev–Trinajstić information content (AvgIpc) is 2.30. The zero-order valence-corrected chi connectivity index (χ0v) is 10.9. The highest BCUT2D eigenvalue weighted by molar-refractivity contribution is 6.85. The van der Waals surface area contributed by atoms with E-state index in [0.29, 0.717) is 0 Å². The fourth-order valence-electron chi connectivity index (χ4n) is 2.11. The molecule has 1 rings (SSSR count). The molecule has 0 N–H and O–H groups in total. The standard InChI is InChI=1S/C9H22Si2/c1-10(2,3)8-7-9(8)11(4,5)6/h8-9H,7H2,1-6H3/t8-,9+. The van der Waals surface area contributed by atoms with E-state index in [1.54, 1.807) is 6.42 Å². The van der Waals surface area contributed by atoms with Crippen molar-refractivity contribution in [1.82, 2.24) is 0 Å². The number of hydrogen-bond acceptors (Lipinski definition) is 0. The molecule has 1 saturated carbocycles. The highest BCUT2D eigenvalue weighted by atomic mass is 28.3. The molecular formula is C9H22Si2. The molecule has 0 unspecified atom stereocenters. The second kappa shape index (κ2) is 2.46. The van der Waals surface area contributed by atoms with E-state index in [4.69, 9.17) is 0 Å². The predicted octanol–water partition coefficient (Wildman–Crippen LogP) is 3.81. The molecule has 0 spiro atoms. The molecule has 66 valence electrons. The van der Waals surface area contributed by atoms with Crippen LogP contribution < -0.4 is 0 Å².